The van der Waals surface area contributed by atoms with E-state index in [2.05, 4.69) is 36.1 Å². The quantitative estimate of drug-likeness (QED) is 0.766. The van der Waals surface area contributed by atoms with Crippen molar-refractivity contribution in [3.63, 3.8) is 0 Å². The second kappa shape index (κ2) is 7.96. The summed E-state index contributed by atoms with van der Waals surface area (Å²) in [6.45, 7) is 10.0. The maximum atomic E-state index is 10.8. The Morgan fingerprint density at radius 1 is 1.24 bits per heavy atom. The third-order valence-corrected chi connectivity index (χ3v) is 3.54. The molecule has 1 heterocycles. The van der Waals surface area contributed by atoms with E-state index >= 15 is 0 Å². The highest BCUT2D eigenvalue weighted by atomic mass is 16.4. The third-order valence-electron chi connectivity index (χ3n) is 3.54. The van der Waals surface area contributed by atoms with Crippen molar-refractivity contribution in [3.8, 4) is 0 Å². The zero-order valence-electron chi connectivity index (χ0n) is 13.7. The number of nitrogens with zero attached hydrogens (tertiary/aromatic N) is 2. The predicted molar refractivity (Wildman–Crippen MR) is 84.6 cm³/mol. The molecule has 1 aromatic heterocycles. The molecule has 0 aliphatic heterocycles. The Labute approximate surface area is 127 Å². The van der Waals surface area contributed by atoms with Gasteiger partial charge < -0.3 is 10.4 Å². The van der Waals surface area contributed by atoms with E-state index in [0.29, 0.717) is 18.3 Å². The fourth-order valence-corrected chi connectivity index (χ4v) is 2.10. The largest absolute Gasteiger partial charge is 0.481 e. The van der Waals surface area contributed by atoms with Gasteiger partial charge in [-0.3, -0.25) is 4.79 Å². The first-order valence-corrected chi connectivity index (χ1v) is 7.64. The molecule has 0 bridgehead atoms. The molecule has 0 spiro atoms. The number of aliphatic carboxylic acids is 1. The van der Waals surface area contributed by atoms with E-state index in [1.165, 1.54) is 0 Å². The second-order valence-corrected chi connectivity index (χ2v) is 6.13. The number of carboxylic acid groups (broad SMARTS) is 1. The Hall–Kier alpha value is -1.65. The molecule has 1 aromatic rings. The number of carboxylic acids is 1. The lowest BCUT2D eigenvalue weighted by atomic mass is 10.0. The van der Waals surface area contributed by atoms with E-state index in [0.717, 1.165) is 24.2 Å². The van der Waals surface area contributed by atoms with Crippen molar-refractivity contribution < 1.29 is 9.90 Å². The summed E-state index contributed by atoms with van der Waals surface area (Å²) in [5.41, 5.74) is 2.00. The first kappa shape index (κ1) is 17.4. The Balaban J connectivity index is 2.51. The van der Waals surface area contributed by atoms with Crippen LogP contribution in [0, 0.1) is 12.8 Å². The van der Waals surface area contributed by atoms with Crippen molar-refractivity contribution in [2.75, 3.05) is 5.32 Å². The van der Waals surface area contributed by atoms with Gasteiger partial charge in [-0.15, -0.1) is 0 Å². The summed E-state index contributed by atoms with van der Waals surface area (Å²) in [7, 11) is 0. The van der Waals surface area contributed by atoms with E-state index in [1.807, 2.05) is 13.0 Å². The summed E-state index contributed by atoms with van der Waals surface area (Å²) in [6.07, 6.45) is 2.49. The van der Waals surface area contributed by atoms with E-state index < -0.39 is 5.97 Å². The average molecular weight is 293 g/mol. The van der Waals surface area contributed by atoms with Crippen LogP contribution in [0.15, 0.2) is 6.07 Å². The fraction of sp³-hybridized carbons (Fsp3) is 0.688. The van der Waals surface area contributed by atoms with Gasteiger partial charge >= 0.3 is 5.97 Å². The molecule has 0 aliphatic rings. The van der Waals surface area contributed by atoms with Gasteiger partial charge in [-0.2, -0.15) is 0 Å². The summed E-state index contributed by atoms with van der Waals surface area (Å²) in [5.74, 6) is 0.0376. The average Bonchev–Trinajstić information content (AvgIpc) is 2.37. The molecular formula is C16H27N3O2. The van der Waals surface area contributed by atoms with Crippen LogP contribution in [0.2, 0.25) is 0 Å². The van der Waals surface area contributed by atoms with Crippen LogP contribution in [-0.2, 0) is 4.79 Å². The van der Waals surface area contributed by atoms with Crippen molar-refractivity contribution in [2.45, 2.75) is 65.8 Å². The molecule has 0 saturated heterocycles. The summed E-state index contributed by atoms with van der Waals surface area (Å²) < 4.78 is 0. The molecular weight excluding hydrogens is 266 g/mol. The maximum absolute atomic E-state index is 10.8. The minimum atomic E-state index is -0.723. The molecule has 0 aromatic carbocycles. The van der Waals surface area contributed by atoms with Gasteiger partial charge in [0.1, 0.15) is 0 Å². The molecule has 2 atom stereocenters. The number of rotatable bonds is 8. The molecule has 21 heavy (non-hydrogen) atoms. The highest BCUT2D eigenvalue weighted by Crippen LogP contribution is 2.16. The number of anilines is 1. The van der Waals surface area contributed by atoms with Gasteiger partial charge in [0, 0.05) is 17.4 Å². The summed E-state index contributed by atoms with van der Waals surface area (Å²) in [6, 6.07) is 2.24. The molecule has 0 saturated carbocycles. The normalized spacial score (nSPS) is 14.0. The second-order valence-electron chi connectivity index (χ2n) is 6.13. The number of carbonyl (C=O) groups is 1. The Bertz CT molecular complexity index is 475. The smallest absolute Gasteiger partial charge is 0.306 e. The van der Waals surface area contributed by atoms with Crippen LogP contribution < -0.4 is 5.32 Å². The minimum absolute atomic E-state index is 0.229. The van der Waals surface area contributed by atoms with Crippen molar-refractivity contribution in [1.82, 2.24) is 9.97 Å². The van der Waals surface area contributed by atoms with Crippen LogP contribution in [0.1, 0.15) is 64.3 Å². The van der Waals surface area contributed by atoms with Crippen molar-refractivity contribution in [2.24, 2.45) is 5.92 Å². The molecule has 1 rings (SSSR count). The fourth-order valence-electron chi connectivity index (χ4n) is 2.10. The number of aryl methyl sites for hydroxylation is 1. The van der Waals surface area contributed by atoms with E-state index in [1.54, 1.807) is 6.92 Å². The van der Waals surface area contributed by atoms with Gasteiger partial charge in [-0.05, 0) is 38.7 Å². The maximum Gasteiger partial charge on any atom is 0.306 e. The molecule has 5 heteroatoms. The zero-order chi connectivity index (χ0) is 16.0. The lowest BCUT2D eigenvalue weighted by Crippen LogP contribution is -2.19. The molecule has 0 radical (unpaired) electrons. The van der Waals surface area contributed by atoms with Crippen molar-refractivity contribution in [3.05, 3.63) is 17.5 Å². The van der Waals surface area contributed by atoms with Crippen LogP contribution >= 0.6 is 0 Å². The molecule has 2 unspecified atom stereocenters. The van der Waals surface area contributed by atoms with Gasteiger partial charge in [0.15, 0.2) is 0 Å². The highest BCUT2D eigenvalue weighted by Gasteiger charge is 2.12. The molecule has 0 aliphatic carbocycles. The van der Waals surface area contributed by atoms with E-state index in [9.17, 15) is 4.79 Å². The minimum Gasteiger partial charge on any atom is -0.481 e. The third kappa shape index (κ3) is 6.10. The standard InChI is InChI=1S/C16H27N3O2/c1-10(2)14-9-13(5)18-16(19-14)17-12(4)8-6-7-11(3)15(20)21/h9-12H,6-8H2,1-5H3,(H,20,21)(H,17,18,19). The van der Waals surface area contributed by atoms with Crippen molar-refractivity contribution >= 4 is 11.9 Å². The molecule has 2 N–H and O–H groups in total. The first-order valence-electron chi connectivity index (χ1n) is 7.64. The van der Waals surface area contributed by atoms with Gasteiger partial charge in [-0.25, -0.2) is 9.97 Å². The highest BCUT2D eigenvalue weighted by molar-refractivity contribution is 5.69. The Morgan fingerprint density at radius 2 is 1.90 bits per heavy atom. The number of nitrogens with one attached hydrogen (secondary N) is 1. The van der Waals surface area contributed by atoms with Crippen LogP contribution in [0.4, 0.5) is 5.95 Å². The molecule has 0 fully saturated rings. The summed E-state index contributed by atoms with van der Waals surface area (Å²) in [4.78, 5) is 19.7. The number of aromatic nitrogens is 2. The molecule has 0 amide bonds. The van der Waals surface area contributed by atoms with Gasteiger partial charge in [0.05, 0.1) is 5.92 Å². The van der Waals surface area contributed by atoms with Crippen molar-refractivity contribution in [1.29, 1.82) is 0 Å². The van der Waals surface area contributed by atoms with Crippen LogP contribution in [0.25, 0.3) is 0 Å². The van der Waals surface area contributed by atoms with Gasteiger partial charge in [0.2, 0.25) is 5.95 Å². The van der Waals surface area contributed by atoms with E-state index in [4.69, 9.17) is 5.11 Å². The molecule has 118 valence electrons. The Morgan fingerprint density at radius 3 is 2.48 bits per heavy atom. The topological polar surface area (TPSA) is 75.1 Å². The summed E-state index contributed by atoms with van der Waals surface area (Å²) in [5, 5.41) is 12.2. The monoisotopic (exact) mass is 293 g/mol. The first-order chi connectivity index (χ1) is 9.79. The number of hydrogen-bond donors (Lipinski definition) is 2. The number of hydrogen-bond acceptors (Lipinski definition) is 4. The van der Waals surface area contributed by atoms with Gasteiger partial charge in [-0.1, -0.05) is 27.2 Å². The van der Waals surface area contributed by atoms with Crippen LogP contribution in [0.3, 0.4) is 0 Å². The van der Waals surface area contributed by atoms with Crippen LogP contribution in [0.5, 0.6) is 0 Å². The lowest BCUT2D eigenvalue weighted by Gasteiger charge is -2.16. The molecule has 5 nitrogen and oxygen atoms in total. The van der Waals surface area contributed by atoms with E-state index in [-0.39, 0.29) is 12.0 Å². The van der Waals surface area contributed by atoms with Crippen LogP contribution in [-0.4, -0.2) is 27.1 Å². The predicted octanol–water partition coefficient (Wildman–Crippen LogP) is 3.60. The summed E-state index contributed by atoms with van der Waals surface area (Å²) >= 11 is 0. The SMILES string of the molecule is Cc1cc(C(C)C)nc(NC(C)CCCC(C)C(=O)O)n1. The van der Waals surface area contributed by atoms with Gasteiger partial charge in [0.25, 0.3) is 0 Å². The lowest BCUT2D eigenvalue weighted by molar-refractivity contribution is -0.141. The zero-order valence-corrected chi connectivity index (χ0v) is 13.7. The Kier molecular flexibility index (Phi) is 6.59.